The quantitative estimate of drug-likeness (QED) is 0.0702. The molecule has 1 N–H and O–H groups in total. The molecule has 270 valence electrons. The van der Waals surface area contributed by atoms with Crippen molar-refractivity contribution in [2.75, 3.05) is 24.5 Å². The number of nitrogens with one attached hydrogen (secondary N) is 1. The van der Waals surface area contributed by atoms with E-state index in [2.05, 4.69) is 5.32 Å². The molecule has 0 unspecified atom stereocenters. The predicted octanol–water partition coefficient (Wildman–Crippen LogP) is 7.62. The molecule has 0 saturated heterocycles. The minimum absolute atomic E-state index is 0.0521. The standard InChI is InChI=1S/C36H37Cl3N4O7S/c1-4-5-18-40-36(45)33(19-25-10-7-6-8-11-25)41(22-28-29(38)12-9-13-30(28)39)35(44)23-42(32-20-26(37)15-17-34(32)50-3)51(48,49)27-16-14-24(2)31(21-27)43(46)47/h6-17,20-21,33H,4-5,18-19,22-23H2,1-3H3,(H,40,45)/t33-/m1/s1. The summed E-state index contributed by atoms with van der Waals surface area (Å²) in [5, 5.41) is 15.3. The molecule has 11 nitrogen and oxygen atoms in total. The van der Waals surface area contributed by atoms with Crippen LogP contribution in [0.15, 0.2) is 89.8 Å². The third-order valence-corrected chi connectivity index (χ3v) is 10.8. The fourth-order valence-corrected chi connectivity index (χ4v) is 7.48. The van der Waals surface area contributed by atoms with Crippen LogP contribution in [-0.4, -0.2) is 56.3 Å². The van der Waals surface area contributed by atoms with Crippen LogP contribution < -0.4 is 14.4 Å². The van der Waals surface area contributed by atoms with E-state index < -0.39 is 49.9 Å². The molecule has 51 heavy (non-hydrogen) atoms. The summed E-state index contributed by atoms with van der Waals surface area (Å²) in [6.07, 6.45) is 1.58. The van der Waals surface area contributed by atoms with E-state index in [4.69, 9.17) is 39.5 Å². The largest absolute Gasteiger partial charge is 0.495 e. The minimum Gasteiger partial charge on any atom is -0.495 e. The molecule has 0 aliphatic rings. The van der Waals surface area contributed by atoms with Crippen LogP contribution in [0.4, 0.5) is 11.4 Å². The molecule has 0 saturated carbocycles. The third-order valence-electron chi connectivity index (χ3n) is 8.14. The van der Waals surface area contributed by atoms with E-state index in [0.29, 0.717) is 18.5 Å². The van der Waals surface area contributed by atoms with E-state index in [1.807, 2.05) is 25.1 Å². The van der Waals surface area contributed by atoms with E-state index in [1.165, 1.54) is 49.3 Å². The predicted molar refractivity (Wildman–Crippen MR) is 199 cm³/mol. The van der Waals surface area contributed by atoms with E-state index in [0.717, 1.165) is 22.4 Å². The monoisotopic (exact) mass is 774 g/mol. The summed E-state index contributed by atoms with van der Waals surface area (Å²) in [5.41, 5.74) is 0.788. The highest BCUT2D eigenvalue weighted by Crippen LogP contribution is 2.36. The number of methoxy groups -OCH3 is 1. The van der Waals surface area contributed by atoms with Crippen molar-refractivity contribution in [3.8, 4) is 5.75 Å². The van der Waals surface area contributed by atoms with Gasteiger partial charge in [0.15, 0.2) is 0 Å². The van der Waals surface area contributed by atoms with Gasteiger partial charge in [-0.1, -0.05) is 90.6 Å². The molecular formula is C36H37Cl3N4O7S. The molecule has 0 aromatic heterocycles. The van der Waals surface area contributed by atoms with Crippen molar-refractivity contribution >= 4 is 68.0 Å². The van der Waals surface area contributed by atoms with E-state index >= 15 is 0 Å². The number of amides is 2. The van der Waals surface area contributed by atoms with Crippen LogP contribution in [-0.2, 0) is 32.6 Å². The summed E-state index contributed by atoms with van der Waals surface area (Å²) >= 11 is 19.5. The average molecular weight is 776 g/mol. The lowest BCUT2D eigenvalue weighted by Crippen LogP contribution is -2.53. The third kappa shape index (κ3) is 9.70. The van der Waals surface area contributed by atoms with Crippen molar-refractivity contribution in [1.29, 1.82) is 0 Å². The number of aryl methyl sites for hydroxylation is 1. The lowest BCUT2D eigenvalue weighted by molar-refractivity contribution is -0.385. The maximum absolute atomic E-state index is 14.8. The molecule has 15 heteroatoms. The van der Waals surface area contributed by atoms with Gasteiger partial charge in [-0.05, 0) is 55.3 Å². The summed E-state index contributed by atoms with van der Waals surface area (Å²) in [5.74, 6) is -1.21. The normalized spacial score (nSPS) is 11.8. The number of ether oxygens (including phenoxy) is 1. The first-order valence-electron chi connectivity index (χ1n) is 15.9. The molecule has 2 amide bonds. The summed E-state index contributed by atoms with van der Waals surface area (Å²) in [7, 11) is -3.41. The van der Waals surface area contributed by atoms with Crippen LogP contribution in [0.2, 0.25) is 15.1 Å². The number of nitro benzene ring substituents is 1. The Morgan fingerprint density at radius 1 is 0.961 bits per heavy atom. The average Bonchev–Trinajstić information content (AvgIpc) is 3.10. The lowest BCUT2D eigenvalue weighted by Gasteiger charge is -2.34. The number of halogens is 3. The van der Waals surface area contributed by atoms with Crippen LogP contribution in [0.3, 0.4) is 0 Å². The van der Waals surface area contributed by atoms with Gasteiger partial charge in [-0.3, -0.25) is 24.0 Å². The van der Waals surface area contributed by atoms with Crippen LogP contribution in [0, 0.1) is 17.0 Å². The number of carbonyl (C=O) groups excluding carboxylic acids is 2. The van der Waals surface area contributed by atoms with Gasteiger partial charge in [0, 0.05) is 51.8 Å². The molecule has 0 aliphatic heterocycles. The molecule has 4 aromatic carbocycles. The minimum atomic E-state index is -4.73. The van der Waals surface area contributed by atoms with Crippen molar-refractivity contribution in [2.45, 2.75) is 50.6 Å². The Balaban J connectivity index is 1.91. The van der Waals surface area contributed by atoms with Crippen molar-refractivity contribution in [3.63, 3.8) is 0 Å². The zero-order chi connectivity index (χ0) is 37.3. The molecule has 4 aromatic rings. The van der Waals surface area contributed by atoms with Gasteiger partial charge in [0.25, 0.3) is 15.7 Å². The Labute approximate surface area is 312 Å². The second-order valence-electron chi connectivity index (χ2n) is 11.6. The molecule has 0 heterocycles. The number of rotatable bonds is 16. The molecule has 0 fully saturated rings. The lowest BCUT2D eigenvalue weighted by atomic mass is 10.0. The Morgan fingerprint density at radius 2 is 1.65 bits per heavy atom. The summed E-state index contributed by atoms with van der Waals surface area (Å²) in [6.45, 7) is 2.68. The second kappa shape index (κ2) is 17.7. The summed E-state index contributed by atoms with van der Waals surface area (Å²) in [4.78, 5) is 40.7. The van der Waals surface area contributed by atoms with Gasteiger partial charge in [-0.15, -0.1) is 0 Å². The number of hydrogen-bond donors (Lipinski definition) is 1. The van der Waals surface area contributed by atoms with Gasteiger partial charge < -0.3 is 15.0 Å². The maximum atomic E-state index is 14.8. The van der Waals surface area contributed by atoms with Crippen molar-refractivity contribution in [2.24, 2.45) is 0 Å². The van der Waals surface area contributed by atoms with Gasteiger partial charge in [-0.25, -0.2) is 8.42 Å². The number of nitrogens with zero attached hydrogens (tertiary/aromatic N) is 3. The SMILES string of the molecule is CCCCNC(=O)[C@@H](Cc1ccccc1)N(Cc1c(Cl)cccc1Cl)C(=O)CN(c1cc(Cl)ccc1OC)S(=O)(=O)c1ccc(C)c([N+](=O)[O-])c1. The van der Waals surface area contributed by atoms with Crippen LogP contribution in [0.25, 0.3) is 0 Å². The highest BCUT2D eigenvalue weighted by atomic mass is 35.5. The first-order valence-corrected chi connectivity index (χ1v) is 18.5. The molecule has 0 aliphatic carbocycles. The Kier molecular flexibility index (Phi) is 13.7. The van der Waals surface area contributed by atoms with Gasteiger partial charge >= 0.3 is 0 Å². The van der Waals surface area contributed by atoms with Crippen LogP contribution in [0.5, 0.6) is 5.75 Å². The van der Waals surface area contributed by atoms with Crippen LogP contribution >= 0.6 is 34.8 Å². The summed E-state index contributed by atoms with van der Waals surface area (Å²) in [6, 6.07) is 20.4. The van der Waals surface area contributed by atoms with Crippen LogP contribution in [0.1, 0.15) is 36.5 Å². The fraction of sp³-hybridized carbons (Fsp3) is 0.278. The first kappa shape index (κ1) is 39.4. The number of carbonyl (C=O) groups is 2. The van der Waals surface area contributed by atoms with Gasteiger partial charge in [-0.2, -0.15) is 0 Å². The zero-order valence-corrected chi connectivity index (χ0v) is 31.2. The van der Waals surface area contributed by atoms with Crippen molar-refractivity contribution in [3.05, 3.63) is 127 Å². The first-order chi connectivity index (χ1) is 24.3. The number of unbranched alkanes of at least 4 members (excludes halogenated alkanes) is 1. The number of sulfonamides is 1. The number of nitro groups is 1. The molecule has 0 radical (unpaired) electrons. The highest BCUT2D eigenvalue weighted by molar-refractivity contribution is 7.92. The summed E-state index contributed by atoms with van der Waals surface area (Å²) < 4.78 is 35.3. The number of benzene rings is 4. The van der Waals surface area contributed by atoms with Crippen molar-refractivity contribution in [1.82, 2.24) is 10.2 Å². The Morgan fingerprint density at radius 3 is 2.27 bits per heavy atom. The molecular weight excluding hydrogens is 739 g/mol. The molecule has 0 bridgehead atoms. The smallest absolute Gasteiger partial charge is 0.273 e. The van der Waals surface area contributed by atoms with Gasteiger partial charge in [0.1, 0.15) is 18.3 Å². The van der Waals surface area contributed by atoms with Gasteiger partial charge in [0.05, 0.1) is 22.6 Å². The zero-order valence-electron chi connectivity index (χ0n) is 28.1. The second-order valence-corrected chi connectivity index (χ2v) is 14.7. The molecule has 0 spiro atoms. The molecule has 1 atom stereocenters. The topological polar surface area (TPSA) is 139 Å². The van der Waals surface area contributed by atoms with Crippen molar-refractivity contribution < 1.29 is 27.7 Å². The highest BCUT2D eigenvalue weighted by Gasteiger charge is 2.37. The number of anilines is 1. The fourth-order valence-electron chi connectivity index (χ4n) is 5.36. The van der Waals surface area contributed by atoms with E-state index in [-0.39, 0.29) is 45.0 Å². The van der Waals surface area contributed by atoms with E-state index in [9.17, 15) is 28.1 Å². The Hall–Kier alpha value is -4.36. The number of hydrogen-bond acceptors (Lipinski definition) is 7. The van der Waals surface area contributed by atoms with Gasteiger partial charge in [0.2, 0.25) is 11.8 Å². The van der Waals surface area contributed by atoms with E-state index in [1.54, 1.807) is 30.3 Å². The Bertz CT molecular complexity index is 1980. The molecule has 4 rings (SSSR count). The maximum Gasteiger partial charge on any atom is 0.273 e.